The quantitative estimate of drug-likeness (QED) is 0.768. The first-order chi connectivity index (χ1) is 9.50. The van der Waals surface area contributed by atoms with E-state index in [-0.39, 0.29) is 10.2 Å². The number of hydrogen-bond donors (Lipinski definition) is 1. The van der Waals surface area contributed by atoms with Crippen molar-refractivity contribution in [1.29, 1.82) is 0 Å². The van der Waals surface area contributed by atoms with Crippen molar-refractivity contribution in [3.05, 3.63) is 38.8 Å². The molecule has 0 saturated heterocycles. The number of hydrogen-bond acceptors (Lipinski definition) is 5. The van der Waals surface area contributed by atoms with E-state index in [1.165, 1.54) is 24.1 Å². The second-order valence-electron chi connectivity index (χ2n) is 4.23. The van der Waals surface area contributed by atoms with Crippen molar-refractivity contribution in [2.24, 2.45) is 0 Å². The smallest absolute Gasteiger partial charge is 0.273 e. The number of nitrogens with zero attached hydrogens (tertiary/aromatic N) is 4. The molecule has 3 aromatic heterocycles. The van der Waals surface area contributed by atoms with E-state index < -0.39 is 17.5 Å². The number of alkyl halides is 1. The Balaban J connectivity index is 2.48. The van der Waals surface area contributed by atoms with Crippen LogP contribution in [0.25, 0.3) is 15.2 Å². The van der Waals surface area contributed by atoms with Gasteiger partial charge < -0.3 is 0 Å². The van der Waals surface area contributed by atoms with Crippen molar-refractivity contribution < 1.29 is 4.39 Å². The van der Waals surface area contributed by atoms with Gasteiger partial charge in [-0.05, 0) is 13.8 Å². The van der Waals surface area contributed by atoms with Crippen molar-refractivity contribution in [1.82, 2.24) is 24.5 Å². The molecule has 0 spiro atoms. The fraction of sp³-hybridized carbons (Fsp3) is 0.273. The number of nitrogens with one attached hydrogen (secondary N) is 1. The molecule has 0 aromatic carbocycles. The molecule has 0 saturated carbocycles. The molecule has 1 atom stereocenters. The lowest BCUT2D eigenvalue weighted by Crippen LogP contribution is -2.30. The first-order valence-electron chi connectivity index (χ1n) is 5.79. The first kappa shape index (κ1) is 12.7. The molecule has 3 rings (SSSR count). The van der Waals surface area contributed by atoms with Gasteiger partial charge in [-0.15, -0.1) is 4.80 Å². The summed E-state index contributed by atoms with van der Waals surface area (Å²) in [6.07, 6.45) is 1.45. The maximum Gasteiger partial charge on any atom is 0.331 e. The number of aromatic nitrogens is 5. The zero-order valence-electron chi connectivity index (χ0n) is 10.6. The molecule has 1 unspecified atom stereocenters. The zero-order chi connectivity index (χ0) is 14.4. The van der Waals surface area contributed by atoms with Crippen LogP contribution in [0.15, 0.2) is 22.0 Å². The Morgan fingerprint density at radius 1 is 1.35 bits per heavy atom. The van der Waals surface area contributed by atoms with E-state index in [4.69, 9.17) is 0 Å². The molecule has 20 heavy (non-hydrogen) atoms. The molecule has 1 N–H and O–H groups in total. The highest BCUT2D eigenvalue weighted by Crippen LogP contribution is 2.31. The maximum absolute atomic E-state index is 13.6. The Kier molecular flexibility index (Phi) is 2.78. The van der Waals surface area contributed by atoms with Gasteiger partial charge in [-0.2, -0.15) is 10.2 Å². The highest BCUT2D eigenvalue weighted by Gasteiger charge is 2.20. The third-order valence-corrected chi connectivity index (χ3v) is 4.20. The summed E-state index contributed by atoms with van der Waals surface area (Å²) >= 11 is 1.11. The van der Waals surface area contributed by atoms with Crippen LogP contribution in [0.4, 0.5) is 4.39 Å². The predicted octanol–water partition coefficient (Wildman–Crippen LogP) is 1.13. The number of aryl methyl sites for hydroxylation is 1. The standard InChI is InChI=1S/C11H10FN5O2S/c1-5-7-8(18)15-11(19)16(6(2)12)10(7)20-9(5)17-13-3-4-14-17/h3-4,6H,1-2H3,(H,15,18,19). The van der Waals surface area contributed by atoms with E-state index in [1.807, 2.05) is 0 Å². The molecule has 0 amide bonds. The van der Waals surface area contributed by atoms with Gasteiger partial charge in [-0.1, -0.05) is 11.3 Å². The van der Waals surface area contributed by atoms with Crippen LogP contribution in [-0.2, 0) is 0 Å². The normalized spacial score (nSPS) is 12.9. The maximum atomic E-state index is 13.6. The van der Waals surface area contributed by atoms with Crippen LogP contribution in [0.2, 0.25) is 0 Å². The summed E-state index contributed by atoms with van der Waals surface area (Å²) in [5, 5.41) is 8.85. The van der Waals surface area contributed by atoms with Crippen molar-refractivity contribution >= 4 is 21.6 Å². The van der Waals surface area contributed by atoms with Gasteiger partial charge in [-0.25, -0.2) is 9.18 Å². The molecule has 7 nitrogen and oxygen atoms in total. The van der Waals surface area contributed by atoms with Gasteiger partial charge in [-0.3, -0.25) is 14.3 Å². The number of fused-ring (bicyclic) bond motifs is 1. The van der Waals surface area contributed by atoms with Gasteiger partial charge in [0.25, 0.3) is 5.56 Å². The minimum atomic E-state index is -1.54. The van der Waals surface area contributed by atoms with Crippen LogP contribution in [0.1, 0.15) is 18.8 Å². The fourth-order valence-corrected chi connectivity index (χ4v) is 3.36. The lowest BCUT2D eigenvalue weighted by molar-refractivity contribution is 0.267. The molecule has 104 valence electrons. The zero-order valence-corrected chi connectivity index (χ0v) is 11.4. The van der Waals surface area contributed by atoms with E-state index in [2.05, 4.69) is 15.2 Å². The van der Waals surface area contributed by atoms with E-state index >= 15 is 0 Å². The Morgan fingerprint density at radius 2 is 2.00 bits per heavy atom. The molecular formula is C11H10FN5O2S. The highest BCUT2D eigenvalue weighted by atomic mass is 32.1. The molecule has 3 aromatic rings. The summed E-state index contributed by atoms with van der Waals surface area (Å²) in [4.78, 5) is 27.4. The third kappa shape index (κ3) is 1.70. The largest absolute Gasteiger partial charge is 0.331 e. The molecule has 0 bridgehead atoms. The highest BCUT2D eigenvalue weighted by molar-refractivity contribution is 7.21. The number of aromatic amines is 1. The molecule has 3 heterocycles. The van der Waals surface area contributed by atoms with Crippen LogP contribution in [0.5, 0.6) is 0 Å². The summed E-state index contributed by atoms with van der Waals surface area (Å²) in [6, 6.07) is 0. The lowest BCUT2D eigenvalue weighted by Gasteiger charge is -2.06. The Morgan fingerprint density at radius 3 is 2.60 bits per heavy atom. The average Bonchev–Trinajstić information content (AvgIpc) is 2.96. The lowest BCUT2D eigenvalue weighted by atomic mass is 10.2. The predicted molar refractivity (Wildman–Crippen MR) is 72.2 cm³/mol. The van der Waals surface area contributed by atoms with Crippen LogP contribution in [-0.4, -0.2) is 24.5 Å². The number of rotatable bonds is 2. The topological polar surface area (TPSA) is 85.6 Å². The second kappa shape index (κ2) is 4.37. The van der Waals surface area contributed by atoms with Gasteiger partial charge in [0.1, 0.15) is 9.83 Å². The van der Waals surface area contributed by atoms with Gasteiger partial charge in [0.2, 0.25) is 0 Å². The molecule has 0 aliphatic heterocycles. The summed E-state index contributed by atoms with van der Waals surface area (Å²) in [5.74, 6) is 0. The SMILES string of the molecule is Cc1c(-n2nccn2)sc2c1c(=O)[nH]c(=O)n2C(C)F. The summed E-state index contributed by atoms with van der Waals surface area (Å²) in [6.45, 7) is 2.95. The molecule has 0 fully saturated rings. The van der Waals surface area contributed by atoms with Gasteiger partial charge >= 0.3 is 5.69 Å². The third-order valence-electron chi connectivity index (χ3n) is 2.94. The van der Waals surface area contributed by atoms with E-state index in [1.54, 1.807) is 6.92 Å². The molecule has 0 radical (unpaired) electrons. The minimum absolute atomic E-state index is 0.276. The van der Waals surface area contributed by atoms with E-state index in [0.717, 1.165) is 15.9 Å². The summed E-state index contributed by atoms with van der Waals surface area (Å²) < 4.78 is 14.6. The number of H-pyrrole nitrogens is 1. The molecule has 0 aliphatic rings. The Labute approximate surface area is 115 Å². The molecular weight excluding hydrogens is 285 g/mol. The van der Waals surface area contributed by atoms with Gasteiger partial charge in [0.05, 0.1) is 17.8 Å². The van der Waals surface area contributed by atoms with Crippen molar-refractivity contribution in [2.45, 2.75) is 20.1 Å². The fourth-order valence-electron chi connectivity index (χ4n) is 2.07. The van der Waals surface area contributed by atoms with Crippen LogP contribution >= 0.6 is 11.3 Å². The van der Waals surface area contributed by atoms with Crippen molar-refractivity contribution in [3.8, 4) is 5.00 Å². The molecule has 9 heteroatoms. The average molecular weight is 295 g/mol. The van der Waals surface area contributed by atoms with Crippen LogP contribution < -0.4 is 11.2 Å². The first-order valence-corrected chi connectivity index (χ1v) is 6.61. The monoisotopic (exact) mass is 295 g/mol. The Bertz CT molecular complexity index is 890. The number of thiophene rings is 1. The van der Waals surface area contributed by atoms with Crippen LogP contribution in [0.3, 0.4) is 0 Å². The van der Waals surface area contributed by atoms with Gasteiger partial charge in [0, 0.05) is 5.56 Å². The molecule has 0 aliphatic carbocycles. The van der Waals surface area contributed by atoms with Crippen molar-refractivity contribution in [3.63, 3.8) is 0 Å². The Hall–Kier alpha value is -2.29. The second-order valence-corrected chi connectivity index (χ2v) is 5.21. The van der Waals surface area contributed by atoms with E-state index in [0.29, 0.717) is 10.6 Å². The summed E-state index contributed by atoms with van der Waals surface area (Å²) in [5.41, 5.74) is -0.690. The van der Waals surface area contributed by atoms with E-state index in [9.17, 15) is 14.0 Å². The minimum Gasteiger partial charge on any atom is -0.273 e. The summed E-state index contributed by atoms with van der Waals surface area (Å²) in [7, 11) is 0. The number of halogens is 1. The van der Waals surface area contributed by atoms with Gasteiger partial charge in [0.15, 0.2) is 6.30 Å². The van der Waals surface area contributed by atoms with Crippen molar-refractivity contribution in [2.75, 3.05) is 0 Å². The van der Waals surface area contributed by atoms with Crippen LogP contribution in [0, 0.1) is 6.92 Å².